The van der Waals surface area contributed by atoms with E-state index in [2.05, 4.69) is 15.0 Å². The van der Waals surface area contributed by atoms with Crippen LogP contribution in [0.3, 0.4) is 0 Å². The lowest BCUT2D eigenvalue weighted by Gasteiger charge is -2.09. The molecule has 0 aromatic carbocycles. The van der Waals surface area contributed by atoms with Gasteiger partial charge in [0.2, 0.25) is 5.91 Å². The summed E-state index contributed by atoms with van der Waals surface area (Å²) in [4.78, 5) is 26.1. The molecular formula is C9H8ClIN2O3. The Labute approximate surface area is 111 Å². The van der Waals surface area contributed by atoms with E-state index in [-0.39, 0.29) is 16.6 Å². The topological polar surface area (TPSA) is 68.3 Å². The third-order valence-corrected chi connectivity index (χ3v) is 2.99. The van der Waals surface area contributed by atoms with Gasteiger partial charge in [-0.3, -0.25) is 4.79 Å². The number of nitrogens with one attached hydrogen (secondary N) is 1. The van der Waals surface area contributed by atoms with Gasteiger partial charge in [-0.2, -0.15) is 0 Å². The van der Waals surface area contributed by atoms with Crippen LogP contribution >= 0.6 is 34.2 Å². The van der Waals surface area contributed by atoms with Gasteiger partial charge in [-0.05, 0) is 22.6 Å². The third kappa shape index (κ3) is 2.82. The van der Waals surface area contributed by atoms with Crippen molar-refractivity contribution >= 4 is 51.8 Å². The molecule has 86 valence electrons. The van der Waals surface area contributed by atoms with Crippen molar-refractivity contribution in [2.24, 2.45) is 0 Å². The summed E-state index contributed by atoms with van der Waals surface area (Å²) in [6, 6.07) is 0. The highest BCUT2D eigenvalue weighted by molar-refractivity contribution is 14.1. The van der Waals surface area contributed by atoms with Gasteiger partial charge in [0.25, 0.3) is 0 Å². The van der Waals surface area contributed by atoms with E-state index in [0.717, 1.165) is 0 Å². The van der Waals surface area contributed by atoms with Crippen LogP contribution in [0.5, 0.6) is 0 Å². The Morgan fingerprint density at radius 1 is 1.56 bits per heavy atom. The lowest BCUT2D eigenvalue weighted by molar-refractivity contribution is -0.114. The molecule has 1 aromatic heterocycles. The number of hydrogen-bond acceptors (Lipinski definition) is 4. The fraction of sp³-hybridized carbons (Fsp3) is 0.222. The average molecular weight is 355 g/mol. The summed E-state index contributed by atoms with van der Waals surface area (Å²) in [6.07, 6.45) is 1.29. The third-order valence-electron chi connectivity index (χ3n) is 1.65. The first-order valence-electron chi connectivity index (χ1n) is 4.17. The Morgan fingerprint density at radius 2 is 2.19 bits per heavy atom. The smallest absolute Gasteiger partial charge is 0.357 e. The summed E-state index contributed by atoms with van der Waals surface area (Å²) in [5.41, 5.74) is 0.487. The van der Waals surface area contributed by atoms with Gasteiger partial charge in [-0.15, -0.1) is 0 Å². The van der Waals surface area contributed by atoms with Gasteiger partial charge in [-0.25, -0.2) is 9.78 Å². The lowest BCUT2D eigenvalue weighted by Crippen LogP contribution is -2.13. The van der Waals surface area contributed by atoms with Crippen molar-refractivity contribution in [2.45, 2.75) is 6.92 Å². The maximum absolute atomic E-state index is 11.3. The van der Waals surface area contributed by atoms with Crippen LogP contribution in [0.2, 0.25) is 5.02 Å². The molecule has 0 aliphatic carbocycles. The summed E-state index contributed by atoms with van der Waals surface area (Å²) in [5, 5.41) is 2.81. The molecule has 0 aliphatic heterocycles. The zero-order chi connectivity index (χ0) is 12.3. The number of methoxy groups -OCH3 is 1. The SMILES string of the molecule is COC(=O)c1ncc(Cl)c(NC(C)=O)c1I. The van der Waals surface area contributed by atoms with Gasteiger partial charge < -0.3 is 10.1 Å². The van der Waals surface area contributed by atoms with Crippen LogP contribution in [0, 0.1) is 3.57 Å². The van der Waals surface area contributed by atoms with E-state index in [9.17, 15) is 9.59 Å². The van der Waals surface area contributed by atoms with Crippen molar-refractivity contribution < 1.29 is 14.3 Å². The fourth-order valence-electron chi connectivity index (χ4n) is 0.995. The molecule has 0 saturated carbocycles. The number of carbonyl (C=O) groups is 2. The molecule has 1 aromatic rings. The van der Waals surface area contributed by atoms with Gasteiger partial charge in [0, 0.05) is 13.1 Å². The predicted octanol–water partition coefficient (Wildman–Crippen LogP) is 2.08. The van der Waals surface area contributed by atoms with Crippen molar-refractivity contribution in [3.63, 3.8) is 0 Å². The van der Waals surface area contributed by atoms with Crippen molar-refractivity contribution in [3.8, 4) is 0 Å². The quantitative estimate of drug-likeness (QED) is 0.652. The molecule has 1 rings (SSSR count). The van der Waals surface area contributed by atoms with Crippen molar-refractivity contribution in [1.82, 2.24) is 4.98 Å². The van der Waals surface area contributed by atoms with Crippen molar-refractivity contribution in [3.05, 3.63) is 20.5 Å². The van der Waals surface area contributed by atoms with Crippen molar-refractivity contribution in [2.75, 3.05) is 12.4 Å². The molecule has 0 fully saturated rings. The number of halogens is 2. The molecule has 0 atom stereocenters. The van der Waals surface area contributed by atoms with Gasteiger partial charge in [-0.1, -0.05) is 11.6 Å². The number of esters is 1. The number of amides is 1. The van der Waals surface area contributed by atoms with Crippen LogP contribution in [0.25, 0.3) is 0 Å². The summed E-state index contributed by atoms with van der Waals surface area (Å²) >= 11 is 7.74. The number of carbonyl (C=O) groups excluding carboxylic acids is 2. The Morgan fingerprint density at radius 3 is 2.69 bits per heavy atom. The maximum Gasteiger partial charge on any atom is 0.357 e. The normalized spacial score (nSPS) is 9.75. The molecule has 1 N–H and O–H groups in total. The van der Waals surface area contributed by atoms with E-state index in [1.807, 2.05) is 22.6 Å². The molecule has 0 unspecified atom stereocenters. The van der Waals surface area contributed by atoms with Crippen LogP contribution < -0.4 is 5.32 Å². The molecular weight excluding hydrogens is 346 g/mol. The number of nitrogens with zero attached hydrogens (tertiary/aromatic N) is 1. The summed E-state index contributed by atoms with van der Waals surface area (Å²) in [5.74, 6) is -0.852. The van der Waals surface area contributed by atoms with Gasteiger partial charge in [0.1, 0.15) is 0 Å². The zero-order valence-corrected chi connectivity index (χ0v) is 11.4. The van der Waals surface area contributed by atoms with E-state index in [0.29, 0.717) is 9.26 Å². The van der Waals surface area contributed by atoms with Crippen molar-refractivity contribution in [1.29, 1.82) is 0 Å². The molecule has 0 radical (unpaired) electrons. The van der Waals surface area contributed by atoms with Crippen LogP contribution in [0.1, 0.15) is 17.4 Å². The molecule has 0 spiro atoms. The minimum absolute atomic E-state index is 0.122. The standard InChI is InChI=1S/C9H8ClIN2O3/c1-4(14)13-7-5(10)3-12-8(6(7)11)9(15)16-2/h3H,1-2H3,(H,12,13,14). The molecule has 1 heterocycles. The van der Waals surface area contributed by atoms with E-state index < -0.39 is 5.97 Å². The first-order valence-corrected chi connectivity index (χ1v) is 5.63. The van der Waals surface area contributed by atoms with Crippen LogP contribution in [-0.2, 0) is 9.53 Å². The highest BCUT2D eigenvalue weighted by Crippen LogP contribution is 2.29. The fourth-order valence-corrected chi connectivity index (χ4v) is 2.13. The predicted molar refractivity (Wildman–Crippen MR) is 67.6 cm³/mol. The second-order valence-electron chi connectivity index (χ2n) is 2.82. The maximum atomic E-state index is 11.3. The van der Waals surface area contributed by atoms with Gasteiger partial charge in [0.15, 0.2) is 5.69 Å². The summed E-state index contributed by atoms with van der Waals surface area (Å²) in [7, 11) is 1.26. The minimum Gasteiger partial charge on any atom is -0.464 e. The molecule has 7 heteroatoms. The number of hydrogen-bond donors (Lipinski definition) is 1. The van der Waals surface area contributed by atoms with E-state index in [1.165, 1.54) is 20.2 Å². The number of anilines is 1. The Bertz CT molecular complexity index is 451. The molecule has 5 nitrogen and oxygen atoms in total. The molecule has 0 aliphatic rings. The number of aromatic nitrogens is 1. The van der Waals surface area contributed by atoms with E-state index in [4.69, 9.17) is 11.6 Å². The molecule has 16 heavy (non-hydrogen) atoms. The van der Waals surface area contributed by atoms with Gasteiger partial charge in [0.05, 0.1) is 21.4 Å². The van der Waals surface area contributed by atoms with Crippen LogP contribution in [0.4, 0.5) is 5.69 Å². The molecule has 0 saturated heterocycles. The van der Waals surface area contributed by atoms with Crippen LogP contribution in [-0.4, -0.2) is 24.0 Å². The number of ether oxygens (including phenoxy) is 1. The summed E-state index contributed by atoms with van der Waals surface area (Å²) in [6.45, 7) is 1.35. The highest BCUT2D eigenvalue weighted by atomic mass is 127. The largest absolute Gasteiger partial charge is 0.464 e. The first kappa shape index (κ1) is 13.2. The summed E-state index contributed by atoms with van der Waals surface area (Å²) < 4.78 is 5.01. The first-order chi connectivity index (χ1) is 7.47. The molecule has 1 amide bonds. The Kier molecular flexibility index (Phi) is 4.48. The minimum atomic E-state index is -0.576. The number of pyridine rings is 1. The van der Waals surface area contributed by atoms with Gasteiger partial charge >= 0.3 is 5.97 Å². The lowest BCUT2D eigenvalue weighted by atomic mass is 10.3. The second-order valence-corrected chi connectivity index (χ2v) is 4.30. The second kappa shape index (κ2) is 5.44. The average Bonchev–Trinajstić information content (AvgIpc) is 2.23. The van der Waals surface area contributed by atoms with E-state index >= 15 is 0 Å². The Hall–Kier alpha value is -0.890. The number of rotatable bonds is 2. The molecule has 0 bridgehead atoms. The van der Waals surface area contributed by atoms with Crippen LogP contribution in [0.15, 0.2) is 6.20 Å². The Balaban J connectivity index is 3.26. The zero-order valence-electron chi connectivity index (χ0n) is 8.51. The monoisotopic (exact) mass is 354 g/mol. The van der Waals surface area contributed by atoms with E-state index in [1.54, 1.807) is 0 Å². The highest BCUT2D eigenvalue weighted by Gasteiger charge is 2.18.